The number of ether oxygens (including phenoxy) is 13. The Morgan fingerprint density at radius 1 is 0.657 bits per heavy atom. The number of carboxylic acids is 1. The smallest absolute Gasteiger partial charge is 0.421 e. The number of hydrogen-bond acceptors (Lipinski definition) is 37. The lowest BCUT2D eigenvalue weighted by Gasteiger charge is -2.49. The van der Waals surface area contributed by atoms with Crippen molar-refractivity contribution in [3.8, 4) is 23.0 Å². The molecule has 8 heterocycles. The molecule has 1 aromatic heterocycles. The van der Waals surface area contributed by atoms with Crippen molar-refractivity contribution < 1.29 is 164 Å². The Kier molecular flexibility index (Phi) is 36.6. The summed E-state index contributed by atoms with van der Waals surface area (Å²) in [5.41, 5.74) is 10.4. The molecule has 50 nitrogen and oxygen atoms in total. The first-order valence-corrected chi connectivity index (χ1v) is 48.6. The summed E-state index contributed by atoms with van der Waals surface area (Å²) in [7, 11) is -1.54. The van der Waals surface area contributed by atoms with Gasteiger partial charge in [-0.05, 0) is 139 Å². The normalized spacial score (nSPS) is 27.5. The zero-order chi connectivity index (χ0) is 103. The molecule has 0 bridgehead atoms. The van der Waals surface area contributed by atoms with E-state index < -0.39 is 218 Å². The van der Waals surface area contributed by atoms with Gasteiger partial charge in [-0.1, -0.05) is 42.3 Å². The molecule has 7 aliphatic heterocycles. The summed E-state index contributed by atoms with van der Waals surface area (Å²) in [4.78, 5) is 154. The lowest BCUT2D eigenvalue weighted by Crippen LogP contribution is -2.71. The molecule has 0 radical (unpaired) electrons. The molecule has 3 aromatic carbocycles. The number of rotatable bonds is 43. The fourth-order valence-electron chi connectivity index (χ4n) is 18.4. The monoisotopic (exact) mass is 2030 g/mol. The minimum atomic E-state index is -4.46. The van der Waals surface area contributed by atoms with Gasteiger partial charge in [-0.15, -0.1) is 5.10 Å². The van der Waals surface area contributed by atoms with Crippen LogP contribution >= 0.6 is 0 Å². The summed E-state index contributed by atoms with van der Waals surface area (Å²) in [6, 6.07) is 4.39. The number of amides is 10. The van der Waals surface area contributed by atoms with Crippen molar-refractivity contribution in [3.63, 3.8) is 0 Å². The number of methoxy groups -OCH3 is 2. The second-order valence-electron chi connectivity index (χ2n) is 36.9. The zero-order valence-corrected chi connectivity index (χ0v) is 81.3. The Hall–Kier alpha value is -11.8. The van der Waals surface area contributed by atoms with Gasteiger partial charge in [0.15, 0.2) is 48.0 Å². The third kappa shape index (κ3) is 26.9. The number of aliphatic hydroxyl groups excluding tert-OH is 7. The molecule has 0 unspecified atom stereocenters. The number of carbonyl (C=O) groups is 11. The van der Waals surface area contributed by atoms with Crippen molar-refractivity contribution in [2.75, 3.05) is 83.8 Å². The van der Waals surface area contributed by atoms with Gasteiger partial charge >= 0.3 is 28.4 Å². The van der Waals surface area contributed by atoms with Gasteiger partial charge in [0, 0.05) is 56.8 Å². The number of unbranched alkanes of at least 4 members (excludes halogenated alkanes) is 2. The van der Waals surface area contributed by atoms with E-state index in [-0.39, 0.29) is 112 Å². The Labute approximate surface area is 822 Å². The van der Waals surface area contributed by atoms with Crippen LogP contribution < -0.4 is 70.9 Å². The Bertz CT molecular complexity index is 5480. The first kappa shape index (κ1) is 108. The number of aliphatic hydroxyl groups is 7. The second-order valence-corrected chi connectivity index (χ2v) is 38.4. The number of nitrogens with one attached hydrogen (secondary N) is 8. The SMILES string of the molecule is COc1cc2c(cc1OCCCCCOc1cc3c(cc1OC)C(=O)N1C=C(C)C[C@H]1[C@H](O)N3C(=O)OCc1ccc(NC(=O)[C@H](C)NC(=O)[C@@H](NC(=O)COCCOCCNS(=O)(=O)NC(=O)OC[C@@H]3[C@@H]4CCc5c(nnn5C[C@H]5O[C@@H](O[C@@H]6[C@H](O)[C@@H](NC(C)=O)[C@H](NC(=O)C[C@H](N)C(=O)O)O[C@@H]6CO[C@@H]6O[C@@H](C)[C@@H](O)[C@@H](O)[C@@H]6O)[C@H](NC(C)=O)[C@@H](O)[C@H]5O)CC[C@@H]43)C(C)C)cc1)N=C[C@@H]1CC(C)=CN1C2=O. The Morgan fingerprint density at radius 2 is 1.31 bits per heavy atom. The van der Waals surface area contributed by atoms with Crippen molar-refractivity contribution in [2.24, 2.45) is 34.4 Å². The summed E-state index contributed by atoms with van der Waals surface area (Å²) in [5.74, 6) is -6.01. The van der Waals surface area contributed by atoms with E-state index in [0.29, 0.717) is 103 Å². The molecule has 1 saturated carbocycles. The Morgan fingerprint density at radius 3 is 2.00 bits per heavy atom. The maximum Gasteiger partial charge on any atom is 0.421 e. The molecular weight excluding hydrogens is 1910 g/mol. The van der Waals surface area contributed by atoms with E-state index in [9.17, 15) is 102 Å². The predicted molar refractivity (Wildman–Crippen MR) is 496 cm³/mol. The molecule has 18 N–H and O–H groups in total. The van der Waals surface area contributed by atoms with Crippen molar-refractivity contribution >= 4 is 98.9 Å². The summed E-state index contributed by atoms with van der Waals surface area (Å²) < 4.78 is 107. The lowest BCUT2D eigenvalue weighted by atomic mass is 9.93. The molecule has 9 aliphatic rings. The summed E-state index contributed by atoms with van der Waals surface area (Å²) >= 11 is 0. The van der Waals surface area contributed by atoms with Crippen LogP contribution in [0.15, 0.2) is 77.1 Å². The third-order valence-electron chi connectivity index (χ3n) is 26.0. The van der Waals surface area contributed by atoms with Crippen LogP contribution in [0.5, 0.6) is 23.0 Å². The van der Waals surface area contributed by atoms with E-state index in [0.717, 1.165) is 29.9 Å². The number of nitrogens with two attached hydrogens (primary N) is 1. The van der Waals surface area contributed by atoms with Crippen molar-refractivity contribution in [2.45, 2.75) is 261 Å². The van der Waals surface area contributed by atoms with Crippen LogP contribution in [-0.4, -0.2) is 348 Å². The van der Waals surface area contributed by atoms with Crippen LogP contribution in [0.1, 0.15) is 144 Å². The van der Waals surface area contributed by atoms with Crippen LogP contribution in [0.4, 0.5) is 26.7 Å². The van der Waals surface area contributed by atoms with E-state index in [1.165, 1.54) is 49.8 Å². The zero-order valence-electron chi connectivity index (χ0n) is 80.4. The number of hydrogen-bond donors (Lipinski definition) is 17. The fraction of sp³-hybridized carbons (Fsp3) is 0.609. The Balaban J connectivity index is 0.509. The van der Waals surface area contributed by atoms with Gasteiger partial charge in [0.1, 0.15) is 98.4 Å². The van der Waals surface area contributed by atoms with E-state index in [1.807, 2.05) is 24.8 Å². The number of aryl methyl sites for hydroxylation is 1. The number of aromatic nitrogens is 3. The average Bonchev–Trinajstić information content (AvgIpc) is 1.64. The van der Waals surface area contributed by atoms with Crippen molar-refractivity contribution in [1.29, 1.82) is 0 Å². The number of aliphatic imine (C=N–C) groups is 1. The van der Waals surface area contributed by atoms with E-state index >= 15 is 0 Å². The third-order valence-corrected chi connectivity index (χ3v) is 27.1. The van der Waals surface area contributed by atoms with Crippen LogP contribution in [0.25, 0.3) is 0 Å². The number of carboxylic acid groups (broad SMARTS) is 1. The topological polar surface area (TPSA) is 679 Å². The van der Waals surface area contributed by atoms with Crippen molar-refractivity contribution in [3.05, 3.63) is 100 Å². The van der Waals surface area contributed by atoms with Crippen LogP contribution in [0, 0.1) is 23.7 Å². The number of benzene rings is 3. The molecule has 143 heavy (non-hydrogen) atoms. The predicted octanol–water partition coefficient (Wildman–Crippen LogP) is -1.34. The van der Waals surface area contributed by atoms with Crippen LogP contribution in [0.2, 0.25) is 0 Å². The maximum absolute atomic E-state index is 14.4. The second kappa shape index (κ2) is 48.3. The first-order valence-electron chi connectivity index (χ1n) is 47.1. The quantitative estimate of drug-likeness (QED) is 0.0228. The van der Waals surface area contributed by atoms with Gasteiger partial charge in [0.2, 0.25) is 35.4 Å². The van der Waals surface area contributed by atoms with Crippen LogP contribution in [0.3, 0.4) is 0 Å². The number of nitrogens with zero attached hydrogens (tertiary/aromatic N) is 7. The molecule has 784 valence electrons. The number of anilines is 2. The molecule has 4 aromatic rings. The van der Waals surface area contributed by atoms with E-state index in [1.54, 1.807) is 67.6 Å². The summed E-state index contributed by atoms with van der Waals surface area (Å²) in [6.45, 7) is 9.90. The molecular formula is C92H126N16O34S. The molecule has 13 rings (SSSR count). The highest BCUT2D eigenvalue weighted by atomic mass is 32.2. The van der Waals surface area contributed by atoms with Crippen molar-refractivity contribution in [1.82, 2.24) is 60.8 Å². The minimum absolute atomic E-state index is 0.00538. The molecule has 0 spiro atoms. The highest BCUT2D eigenvalue weighted by molar-refractivity contribution is 7.88. The standard InChI is InChI=1S/C92H126N16O34S/c1-43(2)72(83(120)96-46(5)82(119)99-51-16-14-50(15-17-51)39-138-92(127)108-62-34-67(65(131-10)31-56(62)86(122)106-37-45(4)29-63(106)87(108)123)135-24-13-11-12-23-134-66-33-60-55(30-64(66)130-9)85(121)105-36-44(3)28-52(105)35-94-60)100-71(112)42-133-27-26-132-25-22-95-143(128,129)103-91(126)137-40-57-53-18-20-59-61(21-19-54(53)57)107(104-102-59)38-68-76(114)77(115)74(98-49(8)110)89(141-68)142-81-69(41-136-90-80(118)79(117)75(113)47(6)139-90)140-84(73(78(81)116)97-48(7)109)101-70(111)32-58(93)88(124)125/h14-17,30-31,33-37,43,46-47,52-54,57-58,63,68-69,72-81,84,87,89-90,95,113-118,123H,11-13,18-29,32,38-42,93H2,1-10H3,(H,96,120)(H,97,109)(H,98,110)(H,99,119)(H,100,112)(H,101,111)(H,103,126)(H,124,125)/t46-,47-,52-,53-,54+,57-,58-,63-,68+,69+,72-,73+,74+,75+,76-,77+,78+,79+,80-,81-,84+,87-,89-,90+/m0/s1. The molecule has 10 amide bonds. The van der Waals surface area contributed by atoms with Gasteiger partial charge in [-0.2, -0.15) is 13.1 Å². The number of carbonyl (C=O) groups excluding carboxylic acids is 10. The molecule has 3 saturated heterocycles. The van der Waals surface area contributed by atoms with Gasteiger partial charge in [0.05, 0.1) is 126 Å². The fourth-order valence-corrected chi connectivity index (χ4v) is 19.1. The molecule has 4 fully saturated rings. The maximum atomic E-state index is 14.4. The van der Waals surface area contributed by atoms with Gasteiger partial charge in [-0.3, -0.25) is 48.1 Å². The van der Waals surface area contributed by atoms with Crippen LogP contribution in [-0.2, 0) is 112 Å². The molecule has 51 heteroatoms. The summed E-state index contributed by atoms with van der Waals surface area (Å²) in [6.07, 6.45) is -16.5. The lowest BCUT2D eigenvalue weighted by molar-refractivity contribution is -0.328. The molecule has 2 aliphatic carbocycles. The largest absolute Gasteiger partial charge is 0.493 e. The molecule has 24 atom stereocenters. The van der Waals surface area contributed by atoms with Gasteiger partial charge < -0.3 is 150 Å². The highest BCUT2D eigenvalue weighted by Crippen LogP contribution is 2.53. The first-order chi connectivity index (χ1) is 68.1. The van der Waals surface area contributed by atoms with E-state index in [4.69, 9.17) is 67.3 Å². The van der Waals surface area contributed by atoms with Gasteiger partial charge in [-0.25, -0.2) is 23.9 Å². The van der Waals surface area contributed by atoms with Gasteiger partial charge in [0.25, 0.3) is 11.8 Å². The average molecular weight is 2030 g/mol. The number of aliphatic carboxylic acids is 1. The highest BCUT2D eigenvalue weighted by Gasteiger charge is 2.56. The minimum Gasteiger partial charge on any atom is -0.493 e. The summed E-state index contributed by atoms with van der Waals surface area (Å²) in [5, 5.41) is 113. The van der Waals surface area contributed by atoms with E-state index in [2.05, 4.69) is 51.9 Å². The number of fused-ring (bicyclic) bond motifs is 6.